The highest BCUT2D eigenvalue weighted by molar-refractivity contribution is 7.80. The fourth-order valence-corrected chi connectivity index (χ4v) is 3.99. The third-order valence-corrected chi connectivity index (χ3v) is 5.80. The van der Waals surface area contributed by atoms with Crippen molar-refractivity contribution in [1.29, 1.82) is 0 Å². The van der Waals surface area contributed by atoms with Crippen LogP contribution in [0.4, 0.5) is 22.0 Å². The zero-order valence-corrected chi connectivity index (χ0v) is 18.5. The van der Waals surface area contributed by atoms with Crippen LogP contribution in [0.25, 0.3) is 0 Å². The van der Waals surface area contributed by atoms with Crippen molar-refractivity contribution in [2.24, 2.45) is 0 Å². The second kappa shape index (κ2) is 10.7. The lowest BCUT2D eigenvalue weighted by atomic mass is 10.2. The van der Waals surface area contributed by atoms with Crippen molar-refractivity contribution in [3.05, 3.63) is 41.7 Å². The number of aromatic nitrogens is 2. The molecule has 2 fully saturated rings. The quantitative estimate of drug-likeness (QED) is 0.681. The molecule has 2 aliphatic heterocycles. The summed E-state index contributed by atoms with van der Waals surface area (Å²) in [6.07, 6.45) is 4.88. The van der Waals surface area contributed by atoms with E-state index in [0.717, 1.165) is 43.4 Å². The lowest BCUT2D eigenvalue weighted by Gasteiger charge is -2.29. The summed E-state index contributed by atoms with van der Waals surface area (Å²) in [5, 5.41) is 6.72. The summed E-state index contributed by atoms with van der Waals surface area (Å²) < 4.78 is 18.6. The summed E-state index contributed by atoms with van der Waals surface area (Å²) in [6.45, 7) is 5.52. The number of ether oxygens (including phenoxy) is 1. The van der Waals surface area contributed by atoms with Gasteiger partial charge in [0.25, 0.3) is 0 Å². The smallest absolute Gasteiger partial charge is 0.232 e. The number of rotatable bonds is 5. The maximum Gasteiger partial charge on any atom is 0.232 e. The van der Waals surface area contributed by atoms with Gasteiger partial charge in [-0.05, 0) is 42.8 Å². The van der Waals surface area contributed by atoms with Gasteiger partial charge in [-0.3, -0.25) is 0 Å². The van der Waals surface area contributed by atoms with Crippen LogP contribution in [-0.2, 0) is 11.3 Å². The van der Waals surface area contributed by atoms with Crippen LogP contribution >= 0.6 is 12.2 Å². The second-order valence-corrected chi connectivity index (χ2v) is 8.25. The zero-order valence-electron chi connectivity index (χ0n) is 17.6. The number of thiocarbonyl (C=S) groups is 1. The Bertz CT molecular complexity index is 867. The molecule has 9 heteroatoms. The average molecular weight is 445 g/mol. The van der Waals surface area contributed by atoms with Gasteiger partial charge in [0.15, 0.2) is 5.11 Å². The Hall–Kier alpha value is -2.52. The highest BCUT2D eigenvalue weighted by atomic mass is 32.1. The van der Waals surface area contributed by atoms with Gasteiger partial charge in [-0.15, -0.1) is 0 Å². The standard InChI is InChI=1S/C22H29FN6OS/c23-18-7-5-17(6-8-18)16-24-22(31)27-21-25-19(28-9-3-1-2-4-10-28)15-20(26-21)29-11-13-30-14-12-29/h5-8,15H,1-4,9-14,16H2,(H2,24,25,26,27,31). The predicted octanol–water partition coefficient (Wildman–Crippen LogP) is 3.32. The average Bonchev–Trinajstić information content (AvgIpc) is 3.09. The molecule has 2 N–H and O–H groups in total. The van der Waals surface area contributed by atoms with Crippen molar-refractivity contribution < 1.29 is 9.13 Å². The van der Waals surface area contributed by atoms with Crippen molar-refractivity contribution in [1.82, 2.24) is 15.3 Å². The first kappa shape index (κ1) is 21.7. The van der Waals surface area contributed by atoms with Crippen LogP contribution in [0, 0.1) is 5.82 Å². The van der Waals surface area contributed by atoms with E-state index in [1.54, 1.807) is 12.1 Å². The summed E-state index contributed by atoms with van der Waals surface area (Å²) >= 11 is 5.46. The number of halogens is 1. The molecule has 1 aromatic heterocycles. The van der Waals surface area contributed by atoms with Gasteiger partial charge in [-0.2, -0.15) is 9.97 Å². The van der Waals surface area contributed by atoms with Gasteiger partial charge in [-0.1, -0.05) is 25.0 Å². The van der Waals surface area contributed by atoms with Crippen LogP contribution in [0.15, 0.2) is 30.3 Å². The first-order valence-electron chi connectivity index (χ1n) is 10.9. The topological polar surface area (TPSA) is 65.6 Å². The number of benzene rings is 1. The molecule has 0 bridgehead atoms. The van der Waals surface area contributed by atoms with E-state index >= 15 is 0 Å². The van der Waals surface area contributed by atoms with Crippen molar-refractivity contribution in [3.8, 4) is 0 Å². The number of anilines is 3. The van der Waals surface area contributed by atoms with Gasteiger partial charge in [-0.25, -0.2) is 4.39 Å². The maximum absolute atomic E-state index is 13.1. The highest BCUT2D eigenvalue weighted by Crippen LogP contribution is 2.24. The van der Waals surface area contributed by atoms with E-state index in [9.17, 15) is 4.39 Å². The van der Waals surface area contributed by atoms with Crippen molar-refractivity contribution in [3.63, 3.8) is 0 Å². The fourth-order valence-electron chi connectivity index (χ4n) is 3.82. The minimum atomic E-state index is -0.251. The summed E-state index contributed by atoms with van der Waals surface area (Å²) in [5.74, 6) is 2.06. The van der Waals surface area contributed by atoms with Gasteiger partial charge in [0, 0.05) is 38.8 Å². The Morgan fingerprint density at radius 2 is 1.55 bits per heavy atom. The summed E-state index contributed by atoms with van der Waals surface area (Å²) in [7, 11) is 0. The van der Waals surface area contributed by atoms with Crippen LogP contribution in [0.5, 0.6) is 0 Å². The number of nitrogens with zero attached hydrogens (tertiary/aromatic N) is 4. The van der Waals surface area contributed by atoms with E-state index in [0.29, 0.717) is 30.8 Å². The molecule has 0 atom stereocenters. The van der Waals surface area contributed by atoms with E-state index in [2.05, 4.69) is 26.5 Å². The van der Waals surface area contributed by atoms with Gasteiger partial charge in [0.05, 0.1) is 13.2 Å². The van der Waals surface area contributed by atoms with E-state index in [1.165, 1.54) is 37.8 Å². The summed E-state index contributed by atoms with van der Waals surface area (Å²) in [5.41, 5.74) is 0.943. The summed E-state index contributed by atoms with van der Waals surface area (Å²) in [6, 6.07) is 8.43. The van der Waals surface area contributed by atoms with Gasteiger partial charge >= 0.3 is 0 Å². The molecular formula is C22H29FN6OS. The molecule has 0 aliphatic carbocycles. The SMILES string of the molecule is Fc1ccc(CNC(=S)Nc2nc(N3CCCCCC3)cc(N3CCOCC3)n2)cc1. The Balaban J connectivity index is 1.48. The minimum absolute atomic E-state index is 0.251. The summed E-state index contributed by atoms with van der Waals surface area (Å²) in [4.78, 5) is 14.1. The first-order valence-corrected chi connectivity index (χ1v) is 11.3. The Labute approximate surface area is 188 Å². The Morgan fingerprint density at radius 1 is 0.935 bits per heavy atom. The van der Waals surface area contributed by atoms with E-state index in [-0.39, 0.29) is 5.82 Å². The molecule has 7 nitrogen and oxygen atoms in total. The highest BCUT2D eigenvalue weighted by Gasteiger charge is 2.19. The normalized spacial score (nSPS) is 17.2. The number of hydrogen-bond donors (Lipinski definition) is 2. The molecule has 0 saturated carbocycles. The molecule has 0 radical (unpaired) electrons. The monoisotopic (exact) mass is 444 g/mol. The maximum atomic E-state index is 13.1. The second-order valence-electron chi connectivity index (χ2n) is 7.84. The third-order valence-electron chi connectivity index (χ3n) is 5.56. The largest absolute Gasteiger partial charge is 0.378 e. The Kier molecular flexibility index (Phi) is 7.48. The molecule has 2 aromatic rings. The molecule has 2 saturated heterocycles. The Morgan fingerprint density at radius 3 is 2.19 bits per heavy atom. The molecular weight excluding hydrogens is 415 g/mol. The van der Waals surface area contributed by atoms with Crippen molar-refractivity contribution in [2.45, 2.75) is 32.2 Å². The van der Waals surface area contributed by atoms with Crippen molar-refractivity contribution >= 4 is 34.9 Å². The molecule has 3 heterocycles. The number of morpholine rings is 1. The van der Waals surface area contributed by atoms with Crippen molar-refractivity contribution in [2.75, 3.05) is 54.5 Å². The molecule has 0 unspecified atom stereocenters. The van der Waals surface area contributed by atoms with Crippen LogP contribution in [-0.4, -0.2) is 54.5 Å². The molecule has 1 aromatic carbocycles. The zero-order chi connectivity index (χ0) is 21.5. The molecule has 0 spiro atoms. The predicted molar refractivity (Wildman–Crippen MR) is 125 cm³/mol. The lowest BCUT2D eigenvalue weighted by Crippen LogP contribution is -2.37. The lowest BCUT2D eigenvalue weighted by molar-refractivity contribution is 0.122. The van der Waals surface area contributed by atoms with E-state index < -0.39 is 0 Å². The van der Waals surface area contributed by atoms with E-state index in [1.807, 2.05) is 0 Å². The van der Waals surface area contributed by atoms with Gasteiger partial charge in [0.1, 0.15) is 17.5 Å². The van der Waals surface area contributed by atoms with Gasteiger partial charge in [0.2, 0.25) is 5.95 Å². The molecule has 166 valence electrons. The van der Waals surface area contributed by atoms with E-state index in [4.69, 9.17) is 26.9 Å². The van der Waals surface area contributed by atoms with Crippen LogP contribution in [0.1, 0.15) is 31.2 Å². The van der Waals surface area contributed by atoms with Gasteiger partial charge < -0.3 is 25.2 Å². The van der Waals surface area contributed by atoms with Crippen LogP contribution in [0.2, 0.25) is 0 Å². The van der Waals surface area contributed by atoms with Crippen LogP contribution in [0.3, 0.4) is 0 Å². The molecule has 4 rings (SSSR count). The third kappa shape index (κ3) is 6.24. The number of nitrogens with one attached hydrogen (secondary N) is 2. The molecule has 2 aliphatic rings. The van der Waals surface area contributed by atoms with Crippen LogP contribution < -0.4 is 20.4 Å². The first-order chi connectivity index (χ1) is 15.2. The number of hydrogen-bond acceptors (Lipinski definition) is 6. The minimum Gasteiger partial charge on any atom is -0.378 e. The molecule has 31 heavy (non-hydrogen) atoms. The molecule has 0 amide bonds. The fraction of sp³-hybridized carbons (Fsp3) is 0.500.